The second-order valence-corrected chi connectivity index (χ2v) is 6.08. The van der Waals surface area contributed by atoms with E-state index in [4.69, 9.17) is 15.7 Å². The predicted octanol–water partition coefficient (Wildman–Crippen LogP) is 1.33. The van der Waals surface area contributed by atoms with Crippen LogP contribution in [0, 0.1) is 0 Å². The topological polar surface area (TPSA) is 67.1 Å². The molecule has 0 saturated carbocycles. The van der Waals surface area contributed by atoms with Crippen LogP contribution in [0.4, 0.5) is 5.82 Å². The molecule has 0 bridgehead atoms. The van der Waals surface area contributed by atoms with Gasteiger partial charge in [0.15, 0.2) is 5.82 Å². The van der Waals surface area contributed by atoms with Crippen molar-refractivity contribution in [3.05, 3.63) is 41.6 Å². The van der Waals surface area contributed by atoms with E-state index >= 15 is 0 Å². The molecule has 0 aliphatic carbocycles. The van der Waals surface area contributed by atoms with Gasteiger partial charge in [-0.05, 0) is 19.4 Å². The van der Waals surface area contributed by atoms with Gasteiger partial charge < -0.3 is 16.0 Å². The third-order valence-corrected chi connectivity index (χ3v) is 4.47. The van der Waals surface area contributed by atoms with Crippen LogP contribution < -0.4 is 16.0 Å². The molecular weight excluding hydrogens is 274 g/mol. The molecule has 1 aromatic heterocycles. The highest BCUT2D eigenvalue weighted by Gasteiger charge is 2.26. The molecule has 1 saturated heterocycles. The van der Waals surface area contributed by atoms with Gasteiger partial charge in [-0.25, -0.2) is 9.97 Å². The first kappa shape index (κ1) is 13.7. The largest absolute Gasteiger partial charge is 0.355 e. The van der Waals surface area contributed by atoms with Gasteiger partial charge in [0.1, 0.15) is 5.82 Å². The maximum atomic E-state index is 6.09. The fourth-order valence-electron chi connectivity index (χ4n) is 3.30. The van der Waals surface area contributed by atoms with Crippen molar-refractivity contribution in [2.24, 2.45) is 5.73 Å². The van der Waals surface area contributed by atoms with Crippen molar-refractivity contribution in [1.29, 1.82) is 0 Å². The Morgan fingerprint density at radius 1 is 1.18 bits per heavy atom. The molecule has 114 valence electrons. The molecule has 0 amide bonds. The van der Waals surface area contributed by atoms with E-state index in [0.717, 1.165) is 61.9 Å². The molecule has 1 aromatic carbocycles. The lowest BCUT2D eigenvalue weighted by Crippen LogP contribution is -2.31. The number of fused-ring (bicyclic) bond motifs is 1. The van der Waals surface area contributed by atoms with Gasteiger partial charge in [0.25, 0.3) is 0 Å². The average Bonchev–Trinajstić information content (AvgIpc) is 3.01. The average molecular weight is 295 g/mol. The molecule has 2 aliphatic rings. The van der Waals surface area contributed by atoms with E-state index in [-0.39, 0.29) is 6.04 Å². The van der Waals surface area contributed by atoms with Crippen molar-refractivity contribution in [3.8, 4) is 11.4 Å². The van der Waals surface area contributed by atoms with E-state index in [9.17, 15) is 0 Å². The van der Waals surface area contributed by atoms with E-state index < -0.39 is 0 Å². The number of nitrogens with one attached hydrogen (secondary N) is 1. The first-order valence-corrected chi connectivity index (χ1v) is 7.98. The second kappa shape index (κ2) is 5.66. The number of benzene rings is 1. The summed E-state index contributed by atoms with van der Waals surface area (Å²) >= 11 is 0. The minimum absolute atomic E-state index is 0.257. The van der Waals surface area contributed by atoms with Gasteiger partial charge >= 0.3 is 0 Å². The molecule has 2 aliphatic heterocycles. The van der Waals surface area contributed by atoms with Crippen LogP contribution in [0.2, 0.25) is 0 Å². The number of nitrogens with zero attached hydrogens (tertiary/aromatic N) is 3. The summed E-state index contributed by atoms with van der Waals surface area (Å²) in [5, 5.41) is 3.41. The normalized spacial score (nSPS) is 21.0. The quantitative estimate of drug-likeness (QED) is 0.875. The zero-order valence-corrected chi connectivity index (χ0v) is 12.6. The maximum Gasteiger partial charge on any atom is 0.161 e. The third-order valence-electron chi connectivity index (χ3n) is 4.47. The minimum atomic E-state index is 0.257. The number of rotatable bonds is 2. The van der Waals surface area contributed by atoms with E-state index in [1.165, 1.54) is 5.56 Å². The van der Waals surface area contributed by atoms with Crippen LogP contribution in [0.5, 0.6) is 0 Å². The Morgan fingerprint density at radius 2 is 2.05 bits per heavy atom. The van der Waals surface area contributed by atoms with Crippen LogP contribution in [-0.4, -0.2) is 35.6 Å². The van der Waals surface area contributed by atoms with Crippen molar-refractivity contribution in [2.75, 3.05) is 24.5 Å². The summed E-state index contributed by atoms with van der Waals surface area (Å²) in [6.07, 6.45) is 2.03. The first-order chi connectivity index (χ1) is 10.8. The van der Waals surface area contributed by atoms with Gasteiger partial charge in [0.05, 0.1) is 5.69 Å². The van der Waals surface area contributed by atoms with Gasteiger partial charge in [-0.3, -0.25) is 0 Å². The molecule has 5 heteroatoms. The Labute approximate surface area is 130 Å². The summed E-state index contributed by atoms with van der Waals surface area (Å²) in [5.41, 5.74) is 9.59. The van der Waals surface area contributed by atoms with Crippen molar-refractivity contribution in [2.45, 2.75) is 25.4 Å². The molecule has 2 aromatic rings. The predicted molar refractivity (Wildman–Crippen MR) is 87.7 cm³/mol. The van der Waals surface area contributed by atoms with Crippen molar-refractivity contribution < 1.29 is 0 Å². The highest BCUT2D eigenvalue weighted by Crippen LogP contribution is 2.29. The van der Waals surface area contributed by atoms with Gasteiger partial charge in [-0.2, -0.15) is 0 Å². The van der Waals surface area contributed by atoms with Crippen LogP contribution >= 0.6 is 0 Å². The standard InChI is InChI=1S/C17H21N5/c18-13-7-9-22(11-13)17-14-6-8-19-10-15(14)20-16(21-17)12-4-2-1-3-5-12/h1-5,13,19H,6-11,18H2. The van der Waals surface area contributed by atoms with Gasteiger partial charge in [0, 0.05) is 36.8 Å². The molecule has 3 heterocycles. The van der Waals surface area contributed by atoms with Crippen LogP contribution in [0.1, 0.15) is 17.7 Å². The SMILES string of the molecule is NC1CCN(c2nc(-c3ccccc3)nc3c2CCNC3)C1. The van der Waals surface area contributed by atoms with E-state index in [2.05, 4.69) is 22.3 Å². The molecular formula is C17H21N5. The van der Waals surface area contributed by atoms with Crippen LogP contribution in [0.3, 0.4) is 0 Å². The second-order valence-electron chi connectivity index (χ2n) is 6.08. The molecule has 0 spiro atoms. The molecule has 1 unspecified atom stereocenters. The molecule has 4 rings (SSSR count). The van der Waals surface area contributed by atoms with Gasteiger partial charge in [-0.15, -0.1) is 0 Å². The fourth-order valence-corrected chi connectivity index (χ4v) is 3.30. The highest BCUT2D eigenvalue weighted by atomic mass is 15.2. The molecule has 3 N–H and O–H groups in total. The lowest BCUT2D eigenvalue weighted by molar-refractivity contribution is 0.621. The summed E-state index contributed by atoms with van der Waals surface area (Å²) in [4.78, 5) is 12.0. The summed E-state index contributed by atoms with van der Waals surface area (Å²) in [5.74, 6) is 1.91. The smallest absolute Gasteiger partial charge is 0.161 e. The zero-order chi connectivity index (χ0) is 14.9. The van der Waals surface area contributed by atoms with Gasteiger partial charge in [-0.1, -0.05) is 30.3 Å². The van der Waals surface area contributed by atoms with Crippen LogP contribution in [-0.2, 0) is 13.0 Å². The Kier molecular flexibility index (Phi) is 3.52. The van der Waals surface area contributed by atoms with E-state index in [0.29, 0.717) is 0 Å². The van der Waals surface area contributed by atoms with Crippen LogP contribution in [0.15, 0.2) is 30.3 Å². The zero-order valence-electron chi connectivity index (χ0n) is 12.6. The minimum Gasteiger partial charge on any atom is -0.355 e. The van der Waals surface area contributed by atoms with Gasteiger partial charge in [0.2, 0.25) is 0 Å². The lowest BCUT2D eigenvalue weighted by Gasteiger charge is -2.25. The van der Waals surface area contributed by atoms with Crippen molar-refractivity contribution >= 4 is 5.82 Å². The summed E-state index contributed by atoms with van der Waals surface area (Å²) in [7, 11) is 0. The number of anilines is 1. The highest BCUT2D eigenvalue weighted by molar-refractivity contribution is 5.61. The number of hydrogen-bond acceptors (Lipinski definition) is 5. The lowest BCUT2D eigenvalue weighted by atomic mass is 10.1. The third kappa shape index (κ3) is 2.46. The van der Waals surface area contributed by atoms with Crippen molar-refractivity contribution in [1.82, 2.24) is 15.3 Å². The van der Waals surface area contributed by atoms with E-state index in [1.54, 1.807) is 0 Å². The summed E-state index contributed by atoms with van der Waals surface area (Å²) in [6.45, 7) is 3.70. The maximum absolute atomic E-state index is 6.09. The number of aromatic nitrogens is 2. The molecule has 0 radical (unpaired) electrons. The Morgan fingerprint density at radius 3 is 2.82 bits per heavy atom. The van der Waals surface area contributed by atoms with Crippen LogP contribution in [0.25, 0.3) is 11.4 Å². The Hall–Kier alpha value is -1.98. The fraction of sp³-hybridized carbons (Fsp3) is 0.412. The molecule has 22 heavy (non-hydrogen) atoms. The Balaban J connectivity index is 1.81. The molecule has 5 nitrogen and oxygen atoms in total. The first-order valence-electron chi connectivity index (χ1n) is 7.98. The molecule has 1 fully saturated rings. The summed E-state index contributed by atoms with van der Waals surface area (Å²) in [6, 6.07) is 10.5. The summed E-state index contributed by atoms with van der Waals surface area (Å²) < 4.78 is 0. The van der Waals surface area contributed by atoms with Crippen molar-refractivity contribution in [3.63, 3.8) is 0 Å². The van der Waals surface area contributed by atoms with E-state index in [1.807, 2.05) is 18.2 Å². The molecule has 1 atom stereocenters. The number of hydrogen-bond donors (Lipinski definition) is 2. The Bertz CT molecular complexity index is 670. The number of nitrogens with two attached hydrogens (primary N) is 1. The monoisotopic (exact) mass is 295 g/mol.